The number of aliphatic hydroxyl groups is 1. The zero-order valence-electron chi connectivity index (χ0n) is 6.67. The Labute approximate surface area is 92.2 Å². The van der Waals surface area contributed by atoms with Crippen LogP contribution < -0.4 is 0 Å². The highest BCUT2D eigenvalue weighted by molar-refractivity contribution is 9.10. The fraction of sp³-hybridized carbons (Fsp3) is 0.125. The molecule has 0 aromatic heterocycles. The van der Waals surface area contributed by atoms with Crippen molar-refractivity contribution >= 4 is 33.5 Å². The smallest absolute Gasteiger partial charge is 0.337 e. The molecule has 0 heterocycles. The Kier molecular flexibility index (Phi) is 3.47. The molecule has 1 unspecified atom stereocenters. The van der Waals surface area contributed by atoms with Crippen molar-refractivity contribution in [2.24, 2.45) is 0 Å². The first-order chi connectivity index (χ1) is 6.43. The van der Waals surface area contributed by atoms with Crippen LogP contribution in [-0.4, -0.2) is 16.2 Å². The molecule has 0 fully saturated rings. The van der Waals surface area contributed by atoms with E-state index < -0.39 is 17.9 Å². The van der Waals surface area contributed by atoms with Crippen LogP contribution in [0.5, 0.6) is 0 Å². The van der Waals surface area contributed by atoms with Crippen molar-refractivity contribution < 1.29 is 19.4 Å². The van der Waals surface area contributed by atoms with Gasteiger partial charge in [-0.25, -0.2) is 9.18 Å². The van der Waals surface area contributed by atoms with Crippen LogP contribution in [-0.2, 0) is 4.79 Å². The largest absolute Gasteiger partial charge is 0.479 e. The molecular formula is C8H5BrClFO3. The van der Waals surface area contributed by atoms with Gasteiger partial charge in [-0.05, 0) is 33.6 Å². The molecule has 0 radical (unpaired) electrons. The summed E-state index contributed by atoms with van der Waals surface area (Å²) in [6, 6.07) is 2.24. The monoisotopic (exact) mass is 282 g/mol. The van der Waals surface area contributed by atoms with E-state index in [1.807, 2.05) is 0 Å². The standard InChI is InChI=1S/C8H5BrClFO3/c9-4-1-3(7(12)8(13)14)2-5(10)6(4)11/h1-2,7,12H,(H,13,14). The summed E-state index contributed by atoms with van der Waals surface area (Å²) in [5.41, 5.74) is 0.0239. The lowest BCUT2D eigenvalue weighted by Crippen LogP contribution is -2.10. The van der Waals surface area contributed by atoms with Gasteiger partial charge < -0.3 is 10.2 Å². The predicted octanol–water partition coefficient (Wildman–Crippen LogP) is 2.36. The minimum absolute atomic E-state index is 0.0142. The average molecular weight is 283 g/mol. The minimum atomic E-state index is -1.70. The van der Waals surface area contributed by atoms with Gasteiger partial charge in [-0.1, -0.05) is 11.6 Å². The van der Waals surface area contributed by atoms with E-state index in [0.717, 1.165) is 6.07 Å². The van der Waals surface area contributed by atoms with Gasteiger partial charge in [0.05, 0.1) is 9.50 Å². The Balaban J connectivity index is 3.19. The Morgan fingerprint density at radius 2 is 2.14 bits per heavy atom. The quantitative estimate of drug-likeness (QED) is 0.819. The van der Waals surface area contributed by atoms with E-state index >= 15 is 0 Å². The molecule has 0 spiro atoms. The van der Waals surface area contributed by atoms with Crippen LogP contribution in [0.15, 0.2) is 16.6 Å². The second-order valence-electron chi connectivity index (χ2n) is 2.54. The van der Waals surface area contributed by atoms with Gasteiger partial charge >= 0.3 is 5.97 Å². The summed E-state index contributed by atoms with van der Waals surface area (Å²) in [6.07, 6.45) is -1.70. The lowest BCUT2D eigenvalue weighted by molar-refractivity contribution is -0.146. The molecule has 76 valence electrons. The molecule has 1 atom stereocenters. The number of aliphatic carboxylic acids is 1. The topological polar surface area (TPSA) is 57.5 Å². The molecule has 6 heteroatoms. The van der Waals surface area contributed by atoms with E-state index in [0.29, 0.717) is 0 Å². The van der Waals surface area contributed by atoms with Crippen LogP contribution in [0.4, 0.5) is 4.39 Å². The number of aliphatic hydroxyl groups excluding tert-OH is 1. The molecule has 0 saturated heterocycles. The highest BCUT2D eigenvalue weighted by atomic mass is 79.9. The maximum atomic E-state index is 13.0. The molecule has 0 bridgehead atoms. The first kappa shape index (κ1) is 11.4. The van der Waals surface area contributed by atoms with E-state index in [1.54, 1.807) is 0 Å². The molecule has 0 amide bonds. The first-order valence-corrected chi connectivity index (χ1v) is 4.66. The zero-order valence-corrected chi connectivity index (χ0v) is 9.01. The predicted molar refractivity (Wildman–Crippen MR) is 51.7 cm³/mol. The summed E-state index contributed by atoms with van der Waals surface area (Å²) < 4.78 is 13.0. The third-order valence-electron chi connectivity index (χ3n) is 1.56. The minimum Gasteiger partial charge on any atom is -0.479 e. The van der Waals surface area contributed by atoms with Crippen LogP contribution in [0.2, 0.25) is 5.02 Å². The van der Waals surface area contributed by atoms with Gasteiger partial charge in [0.15, 0.2) is 11.9 Å². The number of hydrogen-bond donors (Lipinski definition) is 2. The van der Waals surface area contributed by atoms with Crippen LogP contribution in [0, 0.1) is 5.82 Å². The van der Waals surface area contributed by atoms with Crippen molar-refractivity contribution in [3.8, 4) is 0 Å². The van der Waals surface area contributed by atoms with Gasteiger partial charge in [0, 0.05) is 0 Å². The van der Waals surface area contributed by atoms with Crippen molar-refractivity contribution in [1.82, 2.24) is 0 Å². The Hall–Kier alpha value is -0.650. The van der Waals surface area contributed by atoms with Gasteiger partial charge in [-0.15, -0.1) is 0 Å². The average Bonchev–Trinajstić information content (AvgIpc) is 2.12. The summed E-state index contributed by atoms with van der Waals surface area (Å²) in [7, 11) is 0. The molecule has 1 aromatic carbocycles. The van der Waals surface area contributed by atoms with Crippen molar-refractivity contribution in [2.75, 3.05) is 0 Å². The number of carboxylic acids is 1. The molecule has 0 aliphatic rings. The molecule has 2 N–H and O–H groups in total. The number of halogens is 3. The van der Waals surface area contributed by atoms with Gasteiger partial charge in [0.2, 0.25) is 0 Å². The van der Waals surface area contributed by atoms with E-state index in [2.05, 4.69) is 15.9 Å². The van der Waals surface area contributed by atoms with Crippen molar-refractivity contribution in [3.05, 3.63) is 33.0 Å². The Morgan fingerprint density at radius 3 is 2.57 bits per heavy atom. The molecule has 0 aliphatic heterocycles. The fourth-order valence-electron chi connectivity index (χ4n) is 0.876. The summed E-state index contributed by atoms with van der Waals surface area (Å²) in [6.45, 7) is 0. The van der Waals surface area contributed by atoms with Crippen molar-refractivity contribution in [2.45, 2.75) is 6.10 Å². The molecule has 3 nitrogen and oxygen atoms in total. The molecular weight excluding hydrogens is 278 g/mol. The van der Waals surface area contributed by atoms with Crippen LogP contribution in [0.25, 0.3) is 0 Å². The number of benzene rings is 1. The highest BCUT2D eigenvalue weighted by Gasteiger charge is 2.18. The van der Waals surface area contributed by atoms with Gasteiger partial charge in [-0.3, -0.25) is 0 Å². The van der Waals surface area contributed by atoms with Crippen molar-refractivity contribution in [1.29, 1.82) is 0 Å². The molecule has 14 heavy (non-hydrogen) atoms. The summed E-state index contributed by atoms with van der Waals surface area (Å²) in [4.78, 5) is 10.4. The fourth-order valence-corrected chi connectivity index (χ4v) is 1.70. The third kappa shape index (κ3) is 2.23. The molecule has 0 saturated carbocycles. The second-order valence-corrected chi connectivity index (χ2v) is 3.80. The van der Waals surface area contributed by atoms with Gasteiger partial charge in [0.1, 0.15) is 0 Å². The number of rotatable bonds is 2. The number of carbonyl (C=O) groups is 1. The van der Waals surface area contributed by atoms with E-state index in [9.17, 15) is 9.18 Å². The second kappa shape index (κ2) is 4.25. The summed E-state index contributed by atoms with van der Waals surface area (Å²) in [5, 5.41) is 17.4. The van der Waals surface area contributed by atoms with Gasteiger partial charge in [0.25, 0.3) is 0 Å². The lowest BCUT2D eigenvalue weighted by atomic mass is 10.1. The SMILES string of the molecule is O=C(O)C(O)c1cc(Cl)c(F)c(Br)c1. The van der Waals surface area contributed by atoms with E-state index in [1.165, 1.54) is 6.07 Å². The molecule has 1 aromatic rings. The number of hydrogen-bond acceptors (Lipinski definition) is 2. The first-order valence-electron chi connectivity index (χ1n) is 3.48. The van der Waals surface area contributed by atoms with E-state index in [-0.39, 0.29) is 15.1 Å². The number of carboxylic acid groups (broad SMARTS) is 1. The van der Waals surface area contributed by atoms with Crippen LogP contribution >= 0.6 is 27.5 Å². The normalized spacial score (nSPS) is 12.6. The maximum absolute atomic E-state index is 13.0. The zero-order chi connectivity index (χ0) is 10.9. The van der Waals surface area contributed by atoms with Gasteiger partial charge in [-0.2, -0.15) is 0 Å². The lowest BCUT2D eigenvalue weighted by Gasteiger charge is -2.07. The Bertz CT molecular complexity index is 360. The molecule has 0 aliphatic carbocycles. The molecule has 1 rings (SSSR count). The highest BCUT2D eigenvalue weighted by Crippen LogP contribution is 2.28. The Morgan fingerprint density at radius 1 is 1.57 bits per heavy atom. The van der Waals surface area contributed by atoms with E-state index in [4.69, 9.17) is 21.8 Å². The third-order valence-corrected chi connectivity index (χ3v) is 2.41. The summed E-state index contributed by atoms with van der Waals surface area (Å²) in [5.74, 6) is -2.10. The van der Waals surface area contributed by atoms with Crippen molar-refractivity contribution in [3.63, 3.8) is 0 Å². The van der Waals surface area contributed by atoms with Crippen LogP contribution in [0.1, 0.15) is 11.7 Å². The summed E-state index contributed by atoms with van der Waals surface area (Å²) >= 11 is 8.31. The van der Waals surface area contributed by atoms with Crippen LogP contribution in [0.3, 0.4) is 0 Å². The maximum Gasteiger partial charge on any atom is 0.337 e.